The van der Waals surface area contributed by atoms with E-state index in [9.17, 15) is 30.0 Å². The lowest BCUT2D eigenvalue weighted by molar-refractivity contribution is -0.122. The number of aromatic hydroxyl groups is 1. The van der Waals surface area contributed by atoms with Gasteiger partial charge in [0.25, 0.3) is 17.4 Å². The van der Waals surface area contributed by atoms with Crippen molar-refractivity contribution in [3.8, 4) is 23.7 Å². The number of hydrogen-bond donors (Lipinski definition) is 1. The van der Waals surface area contributed by atoms with Crippen LogP contribution < -0.4 is 10.5 Å². The Hall–Kier alpha value is -5.47. The van der Waals surface area contributed by atoms with Crippen molar-refractivity contribution in [1.82, 2.24) is 4.57 Å². The molecule has 0 saturated carbocycles. The molecule has 3 aromatic rings. The summed E-state index contributed by atoms with van der Waals surface area (Å²) in [5, 5.41) is 30.2. The van der Waals surface area contributed by atoms with E-state index in [2.05, 4.69) is 0 Å². The van der Waals surface area contributed by atoms with Crippen LogP contribution in [0.25, 0.3) is 11.8 Å². The number of carbonyl (C=O) groups excluding carboxylic acids is 2. The summed E-state index contributed by atoms with van der Waals surface area (Å²) in [4.78, 5) is 40.0. The standard InChI is InChI=1S/C29H20N4O4/c1-18-22(26(34)32(28(36)24(18)16-30)20-10-5-3-6-11-20)14-9-15-23-19(2)25(17-31)29(37)33(27(23)35)21-12-7-4-8-13-21/h3-15,34H,1-2H3/b14-9?,23-15-. The molecule has 0 atom stereocenters. The summed E-state index contributed by atoms with van der Waals surface area (Å²) in [6, 6.07) is 20.5. The summed E-state index contributed by atoms with van der Waals surface area (Å²) < 4.78 is 1.04. The number of amides is 2. The summed E-state index contributed by atoms with van der Waals surface area (Å²) in [5.74, 6) is -1.69. The lowest BCUT2D eigenvalue weighted by Crippen LogP contribution is -2.42. The third-order valence-electron chi connectivity index (χ3n) is 6.06. The maximum atomic E-state index is 13.3. The Morgan fingerprint density at radius 2 is 1.43 bits per heavy atom. The summed E-state index contributed by atoms with van der Waals surface area (Å²) >= 11 is 0. The number of allylic oxidation sites excluding steroid dienone is 2. The zero-order valence-electron chi connectivity index (χ0n) is 20.0. The molecule has 2 heterocycles. The van der Waals surface area contributed by atoms with Crippen LogP contribution in [0, 0.1) is 29.6 Å². The third kappa shape index (κ3) is 4.24. The Labute approximate surface area is 212 Å². The molecule has 180 valence electrons. The minimum atomic E-state index is -0.709. The largest absolute Gasteiger partial charge is 0.494 e. The van der Waals surface area contributed by atoms with Crippen molar-refractivity contribution in [1.29, 1.82) is 10.5 Å². The van der Waals surface area contributed by atoms with E-state index in [0.717, 1.165) is 9.47 Å². The lowest BCUT2D eigenvalue weighted by atomic mass is 9.94. The molecular formula is C29H20N4O4. The molecule has 2 aromatic carbocycles. The zero-order valence-corrected chi connectivity index (χ0v) is 20.0. The predicted molar refractivity (Wildman–Crippen MR) is 138 cm³/mol. The first-order valence-corrected chi connectivity index (χ1v) is 11.2. The number of carbonyl (C=O) groups is 2. The fourth-order valence-electron chi connectivity index (χ4n) is 4.10. The van der Waals surface area contributed by atoms with Crippen LogP contribution in [0.15, 0.2) is 94.3 Å². The van der Waals surface area contributed by atoms with Crippen LogP contribution in [-0.4, -0.2) is 21.5 Å². The van der Waals surface area contributed by atoms with Crippen molar-refractivity contribution in [2.45, 2.75) is 13.8 Å². The minimum absolute atomic E-state index is 0.116. The first-order valence-electron chi connectivity index (χ1n) is 11.2. The van der Waals surface area contributed by atoms with Gasteiger partial charge in [-0.25, -0.2) is 9.47 Å². The van der Waals surface area contributed by atoms with Gasteiger partial charge in [-0.2, -0.15) is 10.5 Å². The van der Waals surface area contributed by atoms with Crippen LogP contribution in [-0.2, 0) is 9.59 Å². The second-order valence-corrected chi connectivity index (χ2v) is 8.16. The number of rotatable bonds is 4. The number of benzene rings is 2. The maximum absolute atomic E-state index is 13.3. The quantitative estimate of drug-likeness (QED) is 0.436. The van der Waals surface area contributed by atoms with Crippen molar-refractivity contribution in [3.05, 3.63) is 117 Å². The Bertz CT molecular complexity index is 1670. The van der Waals surface area contributed by atoms with E-state index >= 15 is 0 Å². The van der Waals surface area contributed by atoms with E-state index in [-0.39, 0.29) is 39.3 Å². The molecule has 0 saturated heterocycles. The molecule has 1 aromatic heterocycles. The number of imide groups is 1. The number of pyridine rings is 1. The van der Waals surface area contributed by atoms with Crippen molar-refractivity contribution in [2.75, 3.05) is 4.90 Å². The van der Waals surface area contributed by atoms with Crippen LogP contribution in [0.1, 0.15) is 23.6 Å². The molecule has 4 rings (SSSR count). The first kappa shape index (κ1) is 24.6. The van der Waals surface area contributed by atoms with Gasteiger partial charge in [0.05, 0.1) is 11.4 Å². The van der Waals surface area contributed by atoms with E-state index < -0.39 is 17.4 Å². The summed E-state index contributed by atoms with van der Waals surface area (Å²) in [6.45, 7) is 3.06. The highest BCUT2D eigenvalue weighted by molar-refractivity contribution is 6.31. The van der Waals surface area contributed by atoms with Crippen LogP contribution in [0.5, 0.6) is 5.88 Å². The number of nitrogens with zero attached hydrogens (tertiary/aromatic N) is 4. The maximum Gasteiger partial charge on any atom is 0.276 e. The number of hydrogen-bond acceptors (Lipinski definition) is 6. The molecule has 0 bridgehead atoms. The molecule has 0 fully saturated rings. The average molecular weight is 489 g/mol. The topological polar surface area (TPSA) is 127 Å². The lowest BCUT2D eigenvalue weighted by Gasteiger charge is -2.27. The Morgan fingerprint density at radius 3 is 2.00 bits per heavy atom. The molecule has 0 spiro atoms. The monoisotopic (exact) mass is 488 g/mol. The molecule has 8 nitrogen and oxygen atoms in total. The molecule has 0 radical (unpaired) electrons. The Balaban J connectivity index is 1.85. The van der Waals surface area contributed by atoms with Crippen LogP contribution >= 0.6 is 0 Å². The van der Waals surface area contributed by atoms with E-state index in [0.29, 0.717) is 11.4 Å². The van der Waals surface area contributed by atoms with Gasteiger partial charge in [0.15, 0.2) is 0 Å². The Morgan fingerprint density at radius 1 is 0.838 bits per heavy atom. The predicted octanol–water partition coefficient (Wildman–Crippen LogP) is 4.08. The van der Waals surface area contributed by atoms with Gasteiger partial charge in [-0.1, -0.05) is 42.5 Å². The fraction of sp³-hybridized carbons (Fsp3) is 0.0690. The minimum Gasteiger partial charge on any atom is -0.494 e. The average Bonchev–Trinajstić information content (AvgIpc) is 2.89. The number of anilines is 1. The first-order chi connectivity index (χ1) is 17.8. The molecule has 1 aliphatic rings. The van der Waals surface area contributed by atoms with Gasteiger partial charge < -0.3 is 5.11 Å². The van der Waals surface area contributed by atoms with Gasteiger partial charge in [0.2, 0.25) is 5.88 Å². The second-order valence-electron chi connectivity index (χ2n) is 8.16. The summed E-state index contributed by atoms with van der Waals surface area (Å²) in [7, 11) is 0. The third-order valence-corrected chi connectivity index (χ3v) is 6.06. The molecule has 0 aliphatic carbocycles. The van der Waals surface area contributed by atoms with Gasteiger partial charge >= 0.3 is 0 Å². The molecule has 37 heavy (non-hydrogen) atoms. The molecule has 2 amide bonds. The summed E-state index contributed by atoms with van der Waals surface area (Å²) in [6.07, 6.45) is 4.36. The van der Waals surface area contributed by atoms with Crippen LogP contribution in [0.4, 0.5) is 5.69 Å². The molecule has 1 aliphatic heterocycles. The number of aromatic nitrogens is 1. The summed E-state index contributed by atoms with van der Waals surface area (Å²) in [5.41, 5.74) is 0.578. The van der Waals surface area contributed by atoms with Crippen LogP contribution in [0.3, 0.4) is 0 Å². The highest BCUT2D eigenvalue weighted by atomic mass is 16.3. The number of para-hydroxylation sites is 2. The fourth-order valence-corrected chi connectivity index (χ4v) is 4.10. The van der Waals surface area contributed by atoms with Crippen LogP contribution in [0.2, 0.25) is 0 Å². The Kier molecular flexibility index (Phi) is 6.68. The number of nitriles is 2. The van der Waals surface area contributed by atoms with Gasteiger partial charge in [0.1, 0.15) is 23.3 Å². The smallest absolute Gasteiger partial charge is 0.276 e. The normalized spacial score (nSPS) is 14.8. The van der Waals surface area contributed by atoms with E-state index in [1.165, 1.54) is 25.2 Å². The SMILES string of the molecule is CC1=C(C#N)C(=O)N(c2ccccc2)C(=O)/C1=C\C=Cc1c(C)c(C#N)c(=O)n(-c2ccccc2)c1O. The van der Waals surface area contributed by atoms with Crippen molar-refractivity contribution in [2.24, 2.45) is 0 Å². The molecular weight excluding hydrogens is 468 g/mol. The van der Waals surface area contributed by atoms with E-state index in [1.54, 1.807) is 67.6 Å². The highest BCUT2D eigenvalue weighted by Crippen LogP contribution is 2.30. The molecule has 1 N–H and O–H groups in total. The van der Waals surface area contributed by atoms with E-state index in [4.69, 9.17) is 0 Å². The van der Waals surface area contributed by atoms with Gasteiger partial charge in [-0.15, -0.1) is 0 Å². The van der Waals surface area contributed by atoms with Gasteiger partial charge in [-0.05, 0) is 61.4 Å². The molecule has 0 unspecified atom stereocenters. The van der Waals surface area contributed by atoms with Crippen molar-refractivity contribution < 1.29 is 14.7 Å². The zero-order chi connectivity index (χ0) is 26.7. The molecule has 8 heteroatoms. The van der Waals surface area contributed by atoms with Gasteiger partial charge in [-0.3, -0.25) is 14.4 Å². The highest BCUT2D eigenvalue weighted by Gasteiger charge is 2.36. The van der Waals surface area contributed by atoms with Crippen molar-refractivity contribution >= 4 is 23.6 Å². The van der Waals surface area contributed by atoms with E-state index in [1.807, 2.05) is 12.1 Å². The second kappa shape index (κ2) is 10.0. The van der Waals surface area contributed by atoms with Gasteiger partial charge in [0, 0.05) is 11.1 Å². The van der Waals surface area contributed by atoms with Crippen molar-refractivity contribution in [3.63, 3.8) is 0 Å².